The highest BCUT2D eigenvalue weighted by atomic mass is 16.5. The Balaban J connectivity index is 1.49. The molecule has 0 unspecified atom stereocenters. The number of anilines is 1. The van der Waals surface area contributed by atoms with E-state index in [-0.39, 0.29) is 0 Å². The fourth-order valence-electron chi connectivity index (χ4n) is 4.07. The fraction of sp³-hybridized carbons (Fsp3) is 0.333. The molecule has 1 aliphatic rings. The van der Waals surface area contributed by atoms with Gasteiger partial charge in [-0.15, -0.1) is 0 Å². The largest absolute Gasteiger partial charge is 0.497 e. The van der Waals surface area contributed by atoms with Crippen molar-refractivity contribution in [3.63, 3.8) is 0 Å². The number of methoxy groups -OCH3 is 1. The molecule has 0 spiro atoms. The Hall–Kier alpha value is -2.92. The van der Waals surface area contributed by atoms with Crippen LogP contribution in [0.1, 0.15) is 30.0 Å². The van der Waals surface area contributed by atoms with E-state index >= 15 is 0 Å². The van der Waals surface area contributed by atoms with Crippen LogP contribution in [-0.2, 0) is 6.54 Å². The number of aromatic nitrogens is 2. The van der Waals surface area contributed by atoms with Gasteiger partial charge in [-0.05, 0) is 61.9 Å². The maximum absolute atomic E-state index is 5.27. The molecule has 1 atom stereocenters. The summed E-state index contributed by atoms with van der Waals surface area (Å²) in [5.41, 5.74) is 4.57. The molecule has 4 rings (SSSR count). The summed E-state index contributed by atoms with van der Waals surface area (Å²) >= 11 is 0. The van der Waals surface area contributed by atoms with Gasteiger partial charge in [0.15, 0.2) is 0 Å². The second-order valence-corrected chi connectivity index (χ2v) is 7.51. The lowest BCUT2D eigenvalue weighted by molar-refractivity contribution is 0.198. The second kappa shape index (κ2) is 9.05. The van der Waals surface area contributed by atoms with Crippen molar-refractivity contribution in [3.05, 3.63) is 72.1 Å². The molecule has 1 fully saturated rings. The lowest BCUT2D eigenvalue weighted by atomic mass is 9.93. The minimum Gasteiger partial charge on any atom is -0.497 e. The zero-order chi connectivity index (χ0) is 20.1. The van der Waals surface area contributed by atoms with Gasteiger partial charge in [0.1, 0.15) is 11.6 Å². The summed E-state index contributed by atoms with van der Waals surface area (Å²) in [7, 11) is 3.62. The van der Waals surface area contributed by atoms with Crippen LogP contribution in [0.4, 0.5) is 5.82 Å². The number of pyridine rings is 2. The maximum atomic E-state index is 5.27. The second-order valence-electron chi connectivity index (χ2n) is 7.51. The van der Waals surface area contributed by atoms with Gasteiger partial charge in [0.2, 0.25) is 0 Å². The molecule has 0 bridgehead atoms. The minimum absolute atomic E-state index is 0.455. The Labute approximate surface area is 172 Å². The first kappa shape index (κ1) is 19.4. The molecule has 150 valence electrons. The Morgan fingerprint density at radius 1 is 1.10 bits per heavy atom. The van der Waals surface area contributed by atoms with Gasteiger partial charge in [-0.25, -0.2) is 4.98 Å². The predicted octanol–water partition coefficient (Wildman–Crippen LogP) is 4.57. The summed E-state index contributed by atoms with van der Waals surface area (Å²) in [4.78, 5) is 12.0. The summed E-state index contributed by atoms with van der Waals surface area (Å²) in [5.74, 6) is 2.29. The Kier molecular flexibility index (Phi) is 6.06. The van der Waals surface area contributed by atoms with Crippen molar-refractivity contribution in [3.8, 4) is 17.0 Å². The van der Waals surface area contributed by atoms with Crippen LogP contribution >= 0.6 is 0 Å². The highest BCUT2D eigenvalue weighted by Gasteiger charge is 2.23. The van der Waals surface area contributed by atoms with Crippen LogP contribution in [0, 0.1) is 0 Å². The maximum Gasteiger partial charge on any atom is 0.130 e. The van der Waals surface area contributed by atoms with Crippen LogP contribution < -0.4 is 10.1 Å². The van der Waals surface area contributed by atoms with Crippen molar-refractivity contribution in [1.29, 1.82) is 0 Å². The highest BCUT2D eigenvalue weighted by molar-refractivity contribution is 5.60. The van der Waals surface area contributed by atoms with Crippen molar-refractivity contribution < 1.29 is 4.74 Å². The number of piperidine rings is 1. The van der Waals surface area contributed by atoms with Crippen LogP contribution in [0.5, 0.6) is 5.75 Å². The van der Waals surface area contributed by atoms with Crippen molar-refractivity contribution >= 4 is 5.82 Å². The SMILES string of the molecule is CNc1ncccc1CN1CCC[C@@H](c2cccc(-c3ccc(OC)cc3)n2)C1. The van der Waals surface area contributed by atoms with Gasteiger partial charge < -0.3 is 10.1 Å². The first-order valence-electron chi connectivity index (χ1n) is 10.2. The number of ether oxygens (including phenoxy) is 1. The third-order valence-electron chi connectivity index (χ3n) is 5.60. The van der Waals surface area contributed by atoms with Gasteiger partial charge in [-0.3, -0.25) is 9.88 Å². The van der Waals surface area contributed by atoms with Crippen LogP contribution in [-0.4, -0.2) is 42.1 Å². The Morgan fingerprint density at radius 2 is 1.97 bits per heavy atom. The van der Waals surface area contributed by atoms with Gasteiger partial charge in [0.05, 0.1) is 12.8 Å². The molecule has 2 aromatic heterocycles. The molecular formula is C24H28N4O. The van der Waals surface area contributed by atoms with Gasteiger partial charge in [0, 0.05) is 49.1 Å². The Bertz CT molecular complexity index is 942. The number of nitrogens with zero attached hydrogens (tertiary/aromatic N) is 3. The van der Waals surface area contributed by atoms with Crippen LogP contribution in [0.15, 0.2) is 60.8 Å². The molecule has 0 saturated carbocycles. The molecule has 3 heterocycles. The van der Waals surface area contributed by atoms with E-state index in [1.54, 1.807) is 7.11 Å². The van der Waals surface area contributed by atoms with Gasteiger partial charge >= 0.3 is 0 Å². The molecule has 1 saturated heterocycles. The number of hydrogen-bond donors (Lipinski definition) is 1. The van der Waals surface area contributed by atoms with Crippen molar-refractivity contribution in [2.24, 2.45) is 0 Å². The molecule has 1 N–H and O–H groups in total. The summed E-state index contributed by atoms with van der Waals surface area (Å²) in [6, 6.07) is 18.7. The summed E-state index contributed by atoms with van der Waals surface area (Å²) in [6.07, 6.45) is 4.21. The molecule has 1 aromatic carbocycles. The molecule has 0 aliphatic carbocycles. The molecule has 3 aromatic rings. The van der Waals surface area contributed by atoms with E-state index in [1.165, 1.54) is 24.1 Å². The average molecular weight is 389 g/mol. The molecule has 5 nitrogen and oxygen atoms in total. The van der Waals surface area contributed by atoms with Gasteiger partial charge in [-0.2, -0.15) is 0 Å². The predicted molar refractivity (Wildman–Crippen MR) is 117 cm³/mol. The smallest absolute Gasteiger partial charge is 0.130 e. The number of rotatable bonds is 6. The third-order valence-corrected chi connectivity index (χ3v) is 5.60. The van der Waals surface area contributed by atoms with E-state index in [9.17, 15) is 0 Å². The zero-order valence-electron chi connectivity index (χ0n) is 17.1. The van der Waals surface area contributed by atoms with Crippen LogP contribution in [0.2, 0.25) is 0 Å². The van der Waals surface area contributed by atoms with E-state index in [4.69, 9.17) is 9.72 Å². The summed E-state index contributed by atoms with van der Waals surface area (Å²) in [6.45, 7) is 3.06. The summed E-state index contributed by atoms with van der Waals surface area (Å²) < 4.78 is 5.27. The first-order valence-corrected chi connectivity index (χ1v) is 10.2. The normalized spacial score (nSPS) is 17.1. The van der Waals surface area contributed by atoms with E-state index in [0.29, 0.717) is 5.92 Å². The number of likely N-dealkylation sites (tertiary alicyclic amines) is 1. The minimum atomic E-state index is 0.455. The molecule has 29 heavy (non-hydrogen) atoms. The molecule has 0 amide bonds. The first-order chi connectivity index (χ1) is 14.3. The van der Waals surface area contributed by atoms with Crippen LogP contribution in [0.25, 0.3) is 11.3 Å². The fourth-order valence-corrected chi connectivity index (χ4v) is 4.07. The summed E-state index contributed by atoms with van der Waals surface area (Å²) in [5, 5.41) is 3.20. The quantitative estimate of drug-likeness (QED) is 0.670. The molecular weight excluding hydrogens is 360 g/mol. The van der Waals surface area contributed by atoms with Gasteiger partial charge in [-0.1, -0.05) is 12.1 Å². The van der Waals surface area contributed by atoms with Crippen molar-refractivity contribution in [2.75, 3.05) is 32.6 Å². The van der Waals surface area contributed by atoms with E-state index in [2.05, 4.69) is 51.6 Å². The van der Waals surface area contributed by atoms with Gasteiger partial charge in [0.25, 0.3) is 0 Å². The standard InChI is InChI=1S/C24H28N4O/c1-25-24-20(6-4-14-26-24)17-28-15-5-7-19(16-28)23-9-3-8-22(27-23)18-10-12-21(29-2)13-11-18/h3-4,6,8-14,19H,5,7,15-17H2,1-2H3,(H,25,26)/t19-/m1/s1. The van der Waals surface area contributed by atoms with E-state index in [0.717, 1.165) is 42.5 Å². The van der Waals surface area contributed by atoms with Crippen molar-refractivity contribution in [1.82, 2.24) is 14.9 Å². The topological polar surface area (TPSA) is 50.3 Å². The molecule has 5 heteroatoms. The molecule has 1 aliphatic heterocycles. The lowest BCUT2D eigenvalue weighted by Crippen LogP contribution is -2.34. The van der Waals surface area contributed by atoms with E-state index in [1.807, 2.05) is 31.4 Å². The monoisotopic (exact) mass is 388 g/mol. The third kappa shape index (κ3) is 4.57. The lowest BCUT2D eigenvalue weighted by Gasteiger charge is -2.33. The highest BCUT2D eigenvalue weighted by Crippen LogP contribution is 2.29. The Morgan fingerprint density at radius 3 is 2.76 bits per heavy atom. The zero-order valence-corrected chi connectivity index (χ0v) is 17.1. The van der Waals surface area contributed by atoms with Crippen LogP contribution in [0.3, 0.4) is 0 Å². The number of nitrogens with one attached hydrogen (secondary N) is 1. The van der Waals surface area contributed by atoms with E-state index < -0.39 is 0 Å². The number of benzene rings is 1. The number of hydrogen-bond acceptors (Lipinski definition) is 5. The van der Waals surface area contributed by atoms with Crippen molar-refractivity contribution in [2.45, 2.75) is 25.3 Å². The average Bonchev–Trinajstić information content (AvgIpc) is 2.80. The molecule has 0 radical (unpaired) electrons.